The van der Waals surface area contributed by atoms with Crippen molar-refractivity contribution in [3.63, 3.8) is 0 Å². The van der Waals surface area contributed by atoms with E-state index in [1.165, 1.54) is 6.26 Å². The molecule has 7 heteroatoms. The number of anilines is 1. The van der Waals surface area contributed by atoms with Crippen LogP contribution in [0.5, 0.6) is 0 Å². The molecule has 1 saturated heterocycles. The number of nitrogens with zero attached hydrogens (tertiary/aromatic N) is 2. The first-order valence-corrected chi connectivity index (χ1v) is 7.83. The van der Waals surface area contributed by atoms with Gasteiger partial charge >= 0.3 is 0 Å². The van der Waals surface area contributed by atoms with E-state index in [1.54, 1.807) is 11.0 Å². The number of nitrogens with one attached hydrogen (secondary N) is 1. The third kappa shape index (κ3) is 3.65. The van der Waals surface area contributed by atoms with Crippen LogP contribution in [0.3, 0.4) is 0 Å². The van der Waals surface area contributed by atoms with Gasteiger partial charge in [-0.25, -0.2) is 0 Å². The quantitative estimate of drug-likeness (QED) is 0.859. The third-order valence-electron chi connectivity index (χ3n) is 4.25. The summed E-state index contributed by atoms with van der Waals surface area (Å²) < 4.78 is 10.3. The molecule has 2 heterocycles. The number of aromatic nitrogens is 1. The molecule has 2 fully saturated rings. The second-order valence-corrected chi connectivity index (χ2v) is 5.91. The molecule has 1 saturated carbocycles. The maximum absolute atomic E-state index is 12.5. The van der Waals surface area contributed by atoms with Crippen LogP contribution in [0, 0.1) is 5.92 Å². The van der Waals surface area contributed by atoms with Crippen molar-refractivity contribution in [2.24, 2.45) is 5.92 Å². The summed E-state index contributed by atoms with van der Waals surface area (Å²) in [5.41, 5.74) is 0. The van der Waals surface area contributed by atoms with Crippen molar-refractivity contribution in [3.8, 4) is 0 Å². The van der Waals surface area contributed by atoms with Crippen LogP contribution in [0.25, 0.3) is 0 Å². The van der Waals surface area contributed by atoms with Crippen molar-refractivity contribution < 1.29 is 18.8 Å². The predicted molar refractivity (Wildman–Crippen MR) is 78.0 cm³/mol. The predicted octanol–water partition coefficient (Wildman–Crippen LogP) is 1.42. The van der Waals surface area contributed by atoms with E-state index in [2.05, 4.69) is 15.0 Å². The van der Waals surface area contributed by atoms with Crippen molar-refractivity contribution in [2.45, 2.75) is 38.2 Å². The van der Waals surface area contributed by atoms with Gasteiger partial charge in [-0.05, 0) is 25.7 Å². The molecule has 7 nitrogen and oxygen atoms in total. The Labute approximate surface area is 129 Å². The average molecular weight is 307 g/mol. The van der Waals surface area contributed by atoms with Crippen LogP contribution in [-0.2, 0) is 14.3 Å². The van der Waals surface area contributed by atoms with E-state index in [4.69, 9.17) is 4.74 Å². The largest absolute Gasteiger partial charge is 0.376 e. The summed E-state index contributed by atoms with van der Waals surface area (Å²) in [6.45, 7) is 1.25. The van der Waals surface area contributed by atoms with Crippen LogP contribution in [-0.4, -0.2) is 47.7 Å². The fourth-order valence-corrected chi connectivity index (χ4v) is 2.81. The molecule has 1 unspecified atom stereocenters. The van der Waals surface area contributed by atoms with Gasteiger partial charge < -0.3 is 19.5 Å². The minimum absolute atomic E-state index is 0.0298. The van der Waals surface area contributed by atoms with Gasteiger partial charge in [0.25, 0.3) is 0 Å². The average Bonchev–Trinajstić information content (AvgIpc) is 3.09. The van der Waals surface area contributed by atoms with Gasteiger partial charge in [0.2, 0.25) is 11.8 Å². The summed E-state index contributed by atoms with van der Waals surface area (Å²) in [5.74, 6) is 0.232. The Morgan fingerprint density at radius 3 is 2.77 bits per heavy atom. The molecule has 1 atom stereocenters. The Bertz CT molecular complexity index is 507. The second kappa shape index (κ2) is 6.91. The molecule has 0 aromatic carbocycles. The first kappa shape index (κ1) is 15.0. The second-order valence-electron chi connectivity index (χ2n) is 5.91. The highest BCUT2D eigenvalue weighted by molar-refractivity contribution is 5.94. The Morgan fingerprint density at radius 1 is 1.32 bits per heavy atom. The lowest BCUT2D eigenvalue weighted by Crippen LogP contribution is -2.46. The van der Waals surface area contributed by atoms with E-state index in [0.29, 0.717) is 12.4 Å². The lowest BCUT2D eigenvalue weighted by atomic mass is 9.84. The van der Waals surface area contributed by atoms with Gasteiger partial charge in [-0.3, -0.25) is 9.59 Å². The fraction of sp³-hybridized carbons (Fsp3) is 0.667. The lowest BCUT2D eigenvalue weighted by molar-refractivity contribution is -0.142. The molecule has 3 rings (SSSR count). The molecule has 0 bridgehead atoms. The van der Waals surface area contributed by atoms with E-state index >= 15 is 0 Å². The number of carbonyl (C=O) groups excluding carboxylic acids is 2. The molecule has 1 aliphatic heterocycles. The molecule has 1 aliphatic carbocycles. The molecule has 22 heavy (non-hydrogen) atoms. The van der Waals surface area contributed by atoms with E-state index in [-0.39, 0.29) is 30.4 Å². The Kier molecular flexibility index (Phi) is 4.72. The first-order chi connectivity index (χ1) is 10.7. The topological polar surface area (TPSA) is 84.7 Å². The molecule has 2 amide bonds. The molecule has 1 aromatic heterocycles. The number of rotatable bonds is 6. The molecule has 0 spiro atoms. The zero-order valence-electron chi connectivity index (χ0n) is 12.5. The number of amides is 2. The van der Waals surface area contributed by atoms with Gasteiger partial charge in [0.15, 0.2) is 5.82 Å². The van der Waals surface area contributed by atoms with Crippen LogP contribution < -0.4 is 5.32 Å². The van der Waals surface area contributed by atoms with Crippen molar-refractivity contribution in [3.05, 3.63) is 12.3 Å². The van der Waals surface area contributed by atoms with Crippen LogP contribution in [0.4, 0.5) is 5.82 Å². The molecule has 1 N–H and O–H groups in total. The lowest BCUT2D eigenvalue weighted by Gasteiger charge is -2.32. The summed E-state index contributed by atoms with van der Waals surface area (Å²) in [6.07, 6.45) is 6.33. The van der Waals surface area contributed by atoms with Gasteiger partial charge in [0.05, 0.1) is 6.10 Å². The molecule has 2 aliphatic rings. The van der Waals surface area contributed by atoms with Gasteiger partial charge in [-0.15, -0.1) is 0 Å². The number of carbonyl (C=O) groups is 2. The van der Waals surface area contributed by atoms with E-state index in [9.17, 15) is 9.59 Å². The fourth-order valence-electron chi connectivity index (χ4n) is 2.81. The van der Waals surface area contributed by atoms with Crippen LogP contribution in [0.1, 0.15) is 32.1 Å². The van der Waals surface area contributed by atoms with Crippen LogP contribution in [0.15, 0.2) is 16.9 Å². The van der Waals surface area contributed by atoms with Crippen molar-refractivity contribution in [2.75, 3.05) is 25.0 Å². The van der Waals surface area contributed by atoms with Crippen molar-refractivity contribution in [1.29, 1.82) is 0 Å². The summed E-state index contributed by atoms with van der Waals surface area (Å²) in [5, 5.41) is 6.27. The minimum Gasteiger partial charge on any atom is -0.376 e. The number of hydrogen-bond acceptors (Lipinski definition) is 5. The molecule has 1 aromatic rings. The Balaban J connectivity index is 1.58. The van der Waals surface area contributed by atoms with Crippen LogP contribution in [0.2, 0.25) is 0 Å². The monoisotopic (exact) mass is 307 g/mol. The zero-order chi connectivity index (χ0) is 15.4. The maximum Gasteiger partial charge on any atom is 0.245 e. The molecular weight excluding hydrogens is 286 g/mol. The Morgan fingerprint density at radius 2 is 2.18 bits per heavy atom. The van der Waals surface area contributed by atoms with Gasteiger partial charge in [0, 0.05) is 25.1 Å². The minimum atomic E-state index is -0.264. The summed E-state index contributed by atoms with van der Waals surface area (Å²) in [7, 11) is 0. The highest BCUT2D eigenvalue weighted by Crippen LogP contribution is 2.28. The Hall–Kier alpha value is -1.89. The normalized spacial score (nSPS) is 21.4. The standard InChI is InChI=1S/C15H21N3O4/c19-14(16-13-6-8-22-17-13)10-18(9-12-5-2-7-21-12)15(20)11-3-1-4-11/h6,8,11-12H,1-5,7,9-10H2,(H,16,17,19). The van der Waals surface area contributed by atoms with E-state index in [0.717, 1.165) is 38.7 Å². The van der Waals surface area contributed by atoms with E-state index in [1.807, 2.05) is 0 Å². The number of hydrogen-bond donors (Lipinski definition) is 1. The summed E-state index contributed by atoms with van der Waals surface area (Å²) >= 11 is 0. The molecule has 120 valence electrons. The SMILES string of the molecule is O=C(CN(CC1CCCO1)C(=O)C1CCC1)Nc1ccon1. The van der Waals surface area contributed by atoms with Crippen LogP contribution >= 0.6 is 0 Å². The number of ether oxygens (including phenoxy) is 1. The van der Waals surface area contributed by atoms with E-state index < -0.39 is 0 Å². The molecular formula is C15H21N3O4. The summed E-state index contributed by atoms with van der Waals surface area (Å²) in [4.78, 5) is 26.2. The highest BCUT2D eigenvalue weighted by atomic mass is 16.5. The first-order valence-electron chi connectivity index (χ1n) is 7.83. The highest BCUT2D eigenvalue weighted by Gasteiger charge is 2.32. The van der Waals surface area contributed by atoms with Gasteiger partial charge in [0.1, 0.15) is 12.8 Å². The zero-order valence-corrected chi connectivity index (χ0v) is 12.5. The van der Waals surface area contributed by atoms with Gasteiger partial charge in [-0.2, -0.15) is 0 Å². The maximum atomic E-state index is 12.5. The smallest absolute Gasteiger partial charge is 0.245 e. The van der Waals surface area contributed by atoms with Crippen molar-refractivity contribution in [1.82, 2.24) is 10.1 Å². The third-order valence-corrected chi connectivity index (χ3v) is 4.25. The van der Waals surface area contributed by atoms with Crippen molar-refractivity contribution >= 4 is 17.6 Å². The summed E-state index contributed by atoms with van der Waals surface area (Å²) in [6, 6.07) is 1.57. The molecule has 0 radical (unpaired) electrons. The van der Waals surface area contributed by atoms with Gasteiger partial charge in [-0.1, -0.05) is 11.6 Å².